The molecule has 4 nitrogen and oxygen atoms in total. The molecule has 1 aliphatic heterocycles. The summed E-state index contributed by atoms with van der Waals surface area (Å²) in [6.07, 6.45) is 6.20. The SMILES string of the molecule is O=C(O)c1ccc(N2CCN(CC3=C(c4ccc(Cl)cc4)CCCCC3)CC2)cc1. The first-order valence-corrected chi connectivity index (χ1v) is 11.3. The number of hydrogen-bond donors (Lipinski definition) is 1. The fraction of sp³-hybridized carbons (Fsp3) is 0.400. The van der Waals surface area contributed by atoms with Crippen LogP contribution in [0, 0.1) is 0 Å². The highest BCUT2D eigenvalue weighted by Crippen LogP contribution is 2.32. The van der Waals surface area contributed by atoms with Gasteiger partial charge in [0.05, 0.1) is 5.56 Å². The van der Waals surface area contributed by atoms with Crippen LogP contribution in [0.3, 0.4) is 0 Å². The van der Waals surface area contributed by atoms with Gasteiger partial charge in [0, 0.05) is 43.4 Å². The quantitative estimate of drug-likeness (QED) is 0.680. The van der Waals surface area contributed by atoms with Crippen molar-refractivity contribution in [1.82, 2.24) is 4.90 Å². The molecule has 158 valence electrons. The summed E-state index contributed by atoms with van der Waals surface area (Å²) in [5.41, 5.74) is 5.89. The maximum Gasteiger partial charge on any atom is 0.335 e. The van der Waals surface area contributed by atoms with E-state index in [1.807, 2.05) is 24.3 Å². The van der Waals surface area contributed by atoms with E-state index in [2.05, 4.69) is 21.9 Å². The molecule has 30 heavy (non-hydrogen) atoms. The van der Waals surface area contributed by atoms with Crippen molar-refractivity contribution < 1.29 is 9.90 Å². The normalized spacial score (nSPS) is 18.4. The minimum Gasteiger partial charge on any atom is -0.478 e. The van der Waals surface area contributed by atoms with Crippen molar-refractivity contribution in [3.8, 4) is 0 Å². The lowest BCUT2D eigenvalue weighted by Gasteiger charge is -2.37. The molecular weight excluding hydrogens is 396 g/mol. The van der Waals surface area contributed by atoms with Crippen LogP contribution in [-0.2, 0) is 0 Å². The molecule has 1 heterocycles. The van der Waals surface area contributed by atoms with Crippen LogP contribution < -0.4 is 4.90 Å². The van der Waals surface area contributed by atoms with Crippen molar-refractivity contribution in [3.63, 3.8) is 0 Å². The van der Waals surface area contributed by atoms with Crippen molar-refractivity contribution in [1.29, 1.82) is 0 Å². The second-order valence-electron chi connectivity index (χ2n) is 8.26. The molecule has 0 radical (unpaired) electrons. The first kappa shape index (κ1) is 21.0. The van der Waals surface area contributed by atoms with Gasteiger partial charge >= 0.3 is 5.97 Å². The van der Waals surface area contributed by atoms with E-state index < -0.39 is 5.97 Å². The summed E-state index contributed by atoms with van der Waals surface area (Å²) in [5, 5.41) is 9.88. The summed E-state index contributed by atoms with van der Waals surface area (Å²) in [7, 11) is 0. The van der Waals surface area contributed by atoms with Crippen LogP contribution in [0.5, 0.6) is 0 Å². The Balaban J connectivity index is 1.42. The fourth-order valence-electron chi connectivity index (χ4n) is 4.57. The van der Waals surface area contributed by atoms with Gasteiger partial charge in [0.1, 0.15) is 0 Å². The molecular formula is C25H29ClN2O2. The van der Waals surface area contributed by atoms with Gasteiger partial charge in [0.2, 0.25) is 0 Å². The number of halogens is 1. The van der Waals surface area contributed by atoms with Gasteiger partial charge in [-0.1, -0.05) is 35.7 Å². The number of hydrogen-bond acceptors (Lipinski definition) is 3. The monoisotopic (exact) mass is 424 g/mol. The Morgan fingerprint density at radius 2 is 1.53 bits per heavy atom. The van der Waals surface area contributed by atoms with E-state index in [0.717, 1.165) is 49.9 Å². The van der Waals surface area contributed by atoms with Crippen LogP contribution in [0.15, 0.2) is 54.1 Å². The van der Waals surface area contributed by atoms with Gasteiger partial charge in [-0.15, -0.1) is 0 Å². The summed E-state index contributed by atoms with van der Waals surface area (Å²) in [6.45, 7) is 5.03. The maximum atomic E-state index is 11.1. The van der Waals surface area contributed by atoms with Gasteiger partial charge in [-0.05, 0) is 73.2 Å². The smallest absolute Gasteiger partial charge is 0.335 e. The van der Waals surface area contributed by atoms with E-state index in [0.29, 0.717) is 5.56 Å². The van der Waals surface area contributed by atoms with E-state index >= 15 is 0 Å². The number of anilines is 1. The first-order chi connectivity index (χ1) is 14.6. The molecule has 0 amide bonds. The number of nitrogens with zero attached hydrogens (tertiary/aromatic N) is 2. The second kappa shape index (κ2) is 9.67. The minimum absolute atomic E-state index is 0.340. The number of allylic oxidation sites excluding steroid dienone is 1. The highest BCUT2D eigenvalue weighted by molar-refractivity contribution is 6.30. The lowest BCUT2D eigenvalue weighted by Crippen LogP contribution is -2.47. The van der Waals surface area contributed by atoms with Gasteiger partial charge in [-0.3, -0.25) is 4.90 Å². The molecule has 1 N–H and O–H groups in total. The molecule has 0 atom stereocenters. The van der Waals surface area contributed by atoms with E-state index in [1.54, 1.807) is 17.7 Å². The van der Waals surface area contributed by atoms with Crippen molar-refractivity contribution in [3.05, 3.63) is 70.3 Å². The van der Waals surface area contributed by atoms with Gasteiger partial charge in [0.25, 0.3) is 0 Å². The summed E-state index contributed by atoms with van der Waals surface area (Å²) in [5.74, 6) is -0.875. The van der Waals surface area contributed by atoms with Gasteiger partial charge in [-0.2, -0.15) is 0 Å². The molecule has 2 aromatic rings. The largest absolute Gasteiger partial charge is 0.478 e. The zero-order valence-corrected chi connectivity index (χ0v) is 18.1. The Labute approximate surface area is 183 Å². The molecule has 4 rings (SSSR count). The molecule has 1 fully saturated rings. The second-order valence-corrected chi connectivity index (χ2v) is 8.70. The van der Waals surface area contributed by atoms with Crippen molar-refractivity contribution in [2.75, 3.05) is 37.6 Å². The van der Waals surface area contributed by atoms with Crippen molar-refractivity contribution in [2.45, 2.75) is 32.1 Å². The number of carboxylic acid groups (broad SMARTS) is 1. The number of piperazine rings is 1. The molecule has 1 saturated heterocycles. The van der Waals surface area contributed by atoms with Crippen LogP contribution in [-0.4, -0.2) is 48.7 Å². The molecule has 2 aromatic carbocycles. The van der Waals surface area contributed by atoms with E-state index in [1.165, 1.54) is 36.8 Å². The third-order valence-electron chi connectivity index (χ3n) is 6.29. The highest BCUT2D eigenvalue weighted by atomic mass is 35.5. The molecule has 5 heteroatoms. The molecule has 2 aliphatic rings. The van der Waals surface area contributed by atoms with Crippen LogP contribution in [0.25, 0.3) is 5.57 Å². The Hall–Kier alpha value is -2.30. The van der Waals surface area contributed by atoms with Gasteiger partial charge in [-0.25, -0.2) is 4.79 Å². The molecule has 0 unspecified atom stereocenters. The summed E-state index contributed by atoms with van der Waals surface area (Å²) >= 11 is 6.11. The number of rotatable bonds is 5. The van der Waals surface area contributed by atoms with Gasteiger partial charge < -0.3 is 10.0 Å². The third kappa shape index (κ3) is 5.05. The summed E-state index contributed by atoms with van der Waals surface area (Å²) in [6, 6.07) is 15.6. The minimum atomic E-state index is -0.875. The number of carbonyl (C=O) groups is 1. The predicted molar refractivity (Wildman–Crippen MR) is 124 cm³/mol. The lowest BCUT2D eigenvalue weighted by atomic mass is 9.95. The average molecular weight is 425 g/mol. The molecule has 0 spiro atoms. The first-order valence-electron chi connectivity index (χ1n) is 10.9. The van der Waals surface area contributed by atoms with E-state index in [9.17, 15) is 4.79 Å². The topological polar surface area (TPSA) is 43.8 Å². The van der Waals surface area contributed by atoms with E-state index in [4.69, 9.17) is 16.7 Å². The van der Waals surface area contributed by atoms with Crippen LogP contribution >= 0.6 is 11.6 Å². The van der Waals surface area contributed by atoms with Crippen molar-refractivity contribution >= 4 is 28.8 Å². The Kier molecular flexibility index (Phi) is 6.76. The Morgan fingerprint density at radius 1 is 0.867 bits per heavy atom. The van der Waals surface area contributed by atoms with Crippen LogP contribution in [0.2, 0.25) is 5.02 Å². The molecule has 0 aromatic heterocycles. The number of carboxylic acids is 1. The van der Waals surface area contributed by atoms with Crippen LogP contribution in [0.1, 0.15) is 48.0 Å². The van der Waals surface area contributed by atoms with Crippen LogP contribution in [0.4, 0.5) is 5.69 Å². The fourth-order valence-corrected chi connectivity index (χ4v) is 4.69. The predicted octanol–water partition coefficient (Wildman–Crippen LogP) is 5.58. The number of aromatic carboxylic acids is 1. The zero-order chi connectivity index (χ0) is 20.9. The highest BCUT2D eigenvalue weighted by Gasteiger charge is 2.21. The maximum absolute atomic E-state index is 11.1. The third-order valence-corrected chi connectivity index (χ3v) is 6.54. The summed E-state index contributed by atoms with van der Waals surface area (Å²) < 4.78 is 0. The molecule has 0 bridgehead atoms. The van der Waals surface area contributed by atoms with Crippen molar-refractivity contribution in [2.24, 2.45) is 0 Å². The Bertz CT molecular complexity index is 898. The molecule has 0 saturated carbocycles. The molecule has 1 aliphatic carbocycles. The zero-order valence-electron chi connectivity index (χ0n) is 17.3. The average Bonchev–Trinajstić information content (AvgIpc) is 3.00. The lowest BCUT2D eigenvalue weighted by molar-refractivity contribution is 0.0697. The standard InChI is InChI=1S/C25H29ClN2O2/c26-22-10-6-19(7-11-22)24-5-3-1-2-4-21(24)18-27-14-16-28(17-15-27)23-12-8-20(9-13-23)25(29)30/h6-13H,1-5,14-18H2,(H,29,30). The number of benzene rings is 2. The van der Waals surface area contributed by atoms with Gasteiger partial charge in [0.15, 0.2) is 0 Å². The Morgan fingerprint density at radius 3 is 2.20 bits per heavy atom. The summed E-state index contributed by atoms with van der Waals surface area (Å²) in [4.78, 5) is 16.0. The van der Waals surface area contributed by atoms with E-state index in [-0.39, 0.29) is 0 Å².